The van der Waals surface area contributed by atoms with Gasteiger partial charge in [-0.25, -0.2) is 13.8 Å². The van der Waals surface area contributed by atoms with Gasteiger partial charge in [-0.2, -0.15) is 0 Å². The van der Waals surface area contributed by atoms with E-state index in [2.05, 4.69) is 15.6 Å². The predicted molar refractivity (Wildman–Crippen MR) is 96.9 cm³/mol. The standard InChI is InChI=1S/C18H17F2N5O3/c19-10-3-4-14(13(20)6-10)24-8-11-12(9-24)17(11)23-16(26)7-22-18-15(25(27)28)2-1-5-21-18/h1-6,11-12,17H,7-9H2,(H,21,22)(H,23,26). The van der Waals surface area contributed by atoms with Crippen molar-refractivity contribution in [3.63, 3.8) is 0 Å². The molecule has 8 nitrogen and oxygen atoms in total. The maximum atomic E-state index is 13.9. The van der Waals surface area contributed by atoms with E-state index < -0.39 is 16.6 Å². The van der Waals surface area contributed by atoms with Crippen LogP contribution in [0.4, 0.5) is 26.0 Å². The molecule has 0 spiro atoms. The van der Waals surface area contributed by atoms with Crippen molar-refractivity contribution in [2.75, 3.05) is 29.9 Å². The molecule has 4 rings (SSSR count). The van der Waals surface area contributed by atoms with Crippen LogP contribution in [0.5, 0.6) is 0 Å². The molecule has 2 heterocycles. The smallest absolute Gasteiger partial charge is 0.311 e. The minimum Gasteiger partial charge on any atom is -0.368 e. The molecule has 10 heteroatoms. The van der Waals surface area contributed by atoms with Crippen molar-refractivity contribution in [1.82, 2.24) is 10.3 Å². The van der Waals surface area contributed by atoms with Crippen molar-refractivity contribution in [3.05, 3.63) is 58.3 Å². The highest BCUT2D eigenvalue weighted by Crippen LogP contribution is 2.47. The Morgan fingerprint density at radius 3 is 2.71 bits per heavy atom. The summed E-state index contributed by atoms with van der Waals surface area (Å²) in [5.74, 6) is -1.05. The molecule has 2 aliphatic rings. The summed E-state index contributed by atoms with van der Waals surface area (Å²) in [6.45, 7) is 1.03. The lowest BCUT2D eigenvalue weighted by molar-refractivity contribution is -0.384. The first-order valence-electron chi connectivity index (χ1n) is 8.76. The van der Waals surface area contributed by atoms with E-state index in [0.717, 1.165) is 6.07 Å². The molecule has 1 aliphatic heterocycles. The van der Waals surface area contributed by atoms with E-state index in [1.807, 2.05) is 4.90 Å². The first-order valence-corrected chi connectivity index (χ1v) is 8.76. The number of benzene rings is 1. The fraction of sp³-hybridized carbons (Fsp3) is 0.333. The van der Waals surface area contributed by atoms with E-state index in [9.17, 15) is 23.7 Å². The summed E-state index contributed by atoms with van der Waals surface area (Å²) in [5.41, 5.74) is 0.165. The number of nitrogens with zero attached hydrogens (tertiary/aromatic N) is 3. The third kappa shape index (κ3) is 3.45. The zero-order chi connectivity index (χ0) is 19.8. The van der Waals surface area contributed by atoms with Gasteiger partial charge in [-0.1, -0.05) is 0 Å². The second-order valence-corrected chi connectivity index (χ2v) is 6.90. The van der Waals surface area contributed by atoms with E-state index in [1.54, 1.807) is 0 Å². The monoisotopic (exact) mass is 389 g/mol. The number of carbonyl (C=O) groups is 1. The van der Waals surface area contributed by atoms with Crippen molar-refractivity contribution in [2.45, 2.75) is 6.04 Å². The molecule has 2 aromatic rings. The van der Waals surface area contributed by atoms with Crippen LogP contribution in [-0.2, 0) is 4.79 Å². The van der Waals surface area contributed by atoms with E-state index in [1.165, 1.54) is 30.5 Å². The molecule has 1 saturated carbocycles. The number of anilines is 2. The Labute approximate surface area is 158 Å². The van der Waals surface area contributed by atoms with Crippen LogP contribution in [0.15, 0.2) is 36.5 Å². The topological polar surface area (TPSA) is 100 Å². The van der Waals surface area contributed by atoms with Crippen LogP contribution in [0.3, 0.4) is 0 Å². The molecular weight excluding hydrogens is 372 g/mol. The first-order chi connectivity index (χ1) is 13.4. The molecule has 2 fully saturated rings. The summed E-state index contributed by atoms with van der Waals surface area (Å²) >= 11 is 0. The number of nitrogens with one attached hydrogen (secondary N) is 2. The van der Waals surface area contributed by atoms with Gasteiger partial charge >= 0.3 is 5.69 Å². The molecule has 1 saturated heterocycles. The average Bonchev–Trinajstić information content (AvgIpc) is 3.09. The molecule has 28 heavy (non-hydrogen) atoms. The minimum absolute atomic E-state index is 0.00669. The molecule has 1 amide bonds. The number of aromatic nitrogens is 1. The number of nitro groups is 1. The summed E-state index contributed by atoms with van der Waals surface area (Å²) in [7, 11) is 0. The Kier molecular flexibility index (Phi) is 4.54. The Morgan fingerprint density at radius 1 is 1.29 bits per heavy atom. The maximum Gasteiger partial charge on any atom is 0.311 e. The van der Waals surface area contributed by atoms with Gasteiger partial charge in [-0.15, -0.1) is 0 Å². The molecule has 2 atom stereocenters. The van der Waals surface area contributed by atoms with Crippen LogP contribution in [0, 0.1) is 33.6 Å². The van der Waals surface area contributed by atoms with Crippen molar-refractivity contribution >= 4 is 23.1 Å². The van der Waals surface area contributed by atoms with Crippen LogP contribution in [0.1, 0.15) is 0 Å². The molecule has 1 aromatic carbocycles. The van der Waals surface area contributed by atoms with Crippen LogP contribution in [-0.4, -0.2) is 41.5 Å². The largest absolute Gasteiger partial charge is 0.368 e. The summed E-state index contributed by atoms with van der Waals surface area (Å²) in [5, 5.41) is 16.5. The summed E-state index contributed by atoms with van der Waals surface area (Å²) < 4.78 is 26.9. The van der Waals surface area contributed by atoms with Crippen molar-refractivity contribution in [1.29, 1.82) is 0 Å². The third-order valence-corrected chi connectivity index (χ3v) is 5.17. The summed E-state index contributed by atoms with van der Waals surface area (Å²) in [4.78, 5) is 28.2. The van der Waals surface area contributed by atoms with Gasteiger partial charge in [0, 0.05) is 49.3 Å². The summed E-state index contributed by atoms with van der Waals surface area (Å²) in [6, 6.07) is 6.26. The summed E-state index contributed by atoms with van der Waals surface area (Å²) in [6.07, 6.45) is 1.40. The van der Waals surface area contributed by atoms with Crippen LogP contribution < -0.4 is 15.5 Å². The zero-order valence-electron chi connectivity index (χ0n) is 14.6. The van der Waals surface area contributed by atoms with E-state index in [4.69, 9.17) is 0 Å². The number of halogens is 2. The number of piperidine rings is 1. The second-order valence-electron chi connectivity index (χ2n) is 6.90. The lowest BCUT2D eigenvalue weighted by atomic mass is 10.2. The number of fused-ring (bicyclic) bond motifs is 1. The Morgan fingerprint density at radius 2 is 2.04 bits per heavy atom. The number of carbonyl (C=O) groups excluding carboxylic acids is 1. The Bertz CT molecular complexity index is 929. The Balaban J connectivity index is 1.28. The van der Waals surface area contributed by atoms with Crippen LogP contribution >= 0.6 is 0 Å². The quantitative estimate of drug-likeness (QED) is 0.578. The van der Waals surface area contributed by atoms with Gasteiger partial charge in [0.2, 0.25) is 11.7 Å². The van der Waals surface area contributed by atoms with E-state index >= 15 is 0 Å². The Hall–Kier alpha value is -3.30. The van der Waals surface area contributed by atoms with E-state index in [0.29, 0.717) is 18.8 Å². The number of hydrogen-bond acceptors (Lipinski definition) is 6. The van der Waals surface area contributed by atoms with Crippen LogP contribution in [0.2, 0.25) is 0 Å². The van der Waals surface area contributed by atoms with Crippen molar-refractivity contribution in [2.24, 2.45) is 11.8 Å². The lowest BCUT2D eigenvalue weighted by Crippen LogP contribution is -2.37. The molecule has 146 valence electrons. The highest BCUT2D eigenvalue weighted by Gasteiger charge is 2.56. The van der Waals surface area contributed by atoms with Crippen molar-refractivity contribution < 1.29 is 18.5 Å². The molecule has 2 unspecified atom stereocenters. The SMILES string of the molecule is O=C(CNc1ncccc1[N+](=O)[O-])NC1C2CN(c3ccc(F)cc3F)CC21. The minimum atomic E-state index is -0.614. The third-order valence-electron chi connectivity index (χ3n) is 5.17. The van der Waals surface area contributed by atoms with Gasteiger partial charge in [0.15, 0.2) is 0 Å². The average molecular weight is 389 g/mol. The molecule has 0 radical (unpaired) electrons. The first kappa shape index (κ1) is 18.1. The molecule has 1 aromatic heterocycles. The number of rotatable bonds is 6. The van der Waals surface area contributed by atoms with Crippen molar-refractivity contribution in [3.8, 4) is 0 Å². The maximum absolute atomic E-state index is 13.9. The second kappa shape index (κ2) is 7.02. The van der Waals surface area contributed by atoms with Gasteiger partial charge in [0.05, 0.1) is 17.2 Å². The fourth-order valence-electron chi connectivity index (χ4n) is 3.76. The molecule has 0 bridgehead atoms. The van der Waals surface area contributed by atoms with Gasteiger partial charge in [0.1, 0.15) is 11.6 Å². The highest BCUT2D eigenvalue weighted by atomic mass is 19.1. The number of pyridine rings is 1. The van der Waals surface area contributed by atoms with Gasteiger partial charge in [-0.3, -0.25) is 14.9 Å². The lowest BCUT2D eigenvalue weighted by Gasteiger charge is -2.22. The fourth-order valence-corrected chi connectivity index (χ4v) is 3.76. The number of hydrogen-bond donors (Lipinski definition) is 2. The van der Waals surface area contributed by atoms with Gasteiger partial charge < -0.3 is 15.5 Å². The van der Waals surface area contributed by atoms with E-state index in [-0.39, 0.29) is 41.8 Å². The van der Waals surface area contributed by atoms with Crippen LogP contribution in [0.25, 0.3) is 0 Å². The predicted octanol–water partition coefficient (Wildman–Crippen LogP) is 1.93. The zero-order valence-corrected chi connectivity index (χ0v) is 14.6. The number of amides is 1. The van der Waals surface area contributed by atoms with Gasteiger partial charge in [0.25, 0.3) is 0 Å². The highest BCUT2D eigenvalue weighted by molar-refractivity contribution is 5.82. The van der Waals surface area contributed by atoms with Gasteiger partial charge in [-0.05, 0) is 18.2 Å². The molecule has 2 N–H and O–H groups in total. The molecule has 1 aliphatic carbocycles. The molecular formula is C18H17F2N5O3. The normalized spacial score (nSPS) is 22.5.